The standard InChI is InChI=1S/C14H19NO2.CO2/c1-4-12(14(16)17-5-2)10-15-13-8-6-11(3)7-9-13;2-1-3/h6-10,15H,4-5H2,1-3H3;/b12-10+;. The van der Waals surface area contributed by atoms with E-state index in [0.717, 1.165) is 5.69 Å². The number of benzene rings is 1. The number of carbonyl (C=O) groups is 1. The van der Waals surface area contributed by atoms with Crippen molar-refractivity contribution in [1.29, 1.82) is 0 Å². The Balaban J connectivity index is 0.00000110. The zero-order valence-electron chi connectivity index (χ0n) is 11.9. The smallest absolute Gasteiger partial charge is 0.373 e. The van der Waals surface area contributed by atoms with E-state index in [9.17, 15) is 4.79 Å². The third kappa shape index (κ3) is 7.13. The Kier molecular flexibility index (Phi) is 9.27. The van der Waals surface area contributed by atoms with E-state index >= 15 is 0 Å². The molecule has 0 fully saturated rings. The molecule has 5 heteroatoms. The average molecular weight is 277 g/mol. The molecule has 0 aromatic heterocycles. The molecule has 5 nitrogen and oxygen atoms in total. The predicted octanol–water partition coefficient (Wildman–Crippen LogP) is 2.68. The number of esters is 1. The number of anilines is 1. The van der Waals surface area contributed by atoms with Crippen LogP contribution in [0.5, 0.6) is 0 Å². The quantitative estimate of drug-likeness (QED) is 0.661. The molecule has 0 saturated carbocycles. The summed E-state index contributed by atoms with van der Waals surface area (Å²) in [4.78, 5) is 27.8. The van der Waals surface area contributed by atoms with Gasteiger partial charge in [-0.1, -0.05) is 24.6 Å². The first-order valence-electron chi connectivity index (χ1n) is 6.27. The van der Waals surface area contributed by atoms with Gasteiger partial charge in [0, 0.05) is 11.9 Å². The van der Waals surface area contributed by atoms with Crippen LogP contribution in [0, 0.1) is 6.92 Å². The maximum absolute atomic E-state index is 11.5. The highest BCUT2D eigenvalue weighted by molar-refractivity contribution is 5.88. The molecular formula is C15H19NO4. The molecule has 0 atom stereocenters. The molecule has 0 saturated heterocycles. The van der Waals surface area contributed by atoms with Crippen LogP contribution in [0.2, 0.25) is 0 Å². The summed E-state index contributed by atoms with van der Waals surface area (Å²) in [6.07, 6.45) is 2.61. The second-order valence-corrected chi connectivity index (χ2v) is 3.84. The monoisotopic (exact) mass is 277 g/mol. The van der Waals surface area contributed by atoms with Crippen molar-refractivity contribution in [1.82, 2.24) is 0 Å². The van der Waals surface area contributed by atoms with Crippen LogP contribution in [-0.2, 0) is 19.1 Å². The Morgan fingerprint density at radius 2 is 1.80 bits per heavy atom. The third-order valence-corrected chi connectivity index (χ3v) is 2.38. The van der Waals surface area contributed by atoms with Gasteiger partial charge < -0.3 is 10.1 Å². The van der Waals surface area contributed by atoms with Gasteiger partial charge in [0.1, 0.15) is 0 Å². The minimum absolute atomic E-state index is 0.250. The van der Waals surface area contributed by atoms with E-state index in [1.54, 1.807) is 13.1 Å². The second kappa shape index (κ2) is 10.5. The topological polar surface area (TPSA) is 72.5 Å². The van der Waals surface area contributed by atoms with Crippen LogP contribution in [0.4, 0.5) is 5.69 Å². The lowest BCUT2D eigenvalue weighted by molar-refractivity contribution is -0.191. The maximum atomic E-state index is 11.5. The minimum atomic E-state index is -0.255. The highest BCUT2D eigenvalue weighted by Crippen LogP contribution is 2.10. The van der Waals surface area contributed by atoms with E-state index in [4.69, 9.17) is 14.3 Å². The van der Waals surface area contributed by atoms with Crippen molar-refractivity contribution in [3.8, 4) is 0 Å². The molecule has 1 aromatic rings. The van der Waals surface area contributed by atoms with Crippen molar-refractivity contribution in [2.45, 2.75) is 27.2 Å². The second-order valence-electron chi connectivity index (χ2n) is 3.84. The lowest BCUT2D eigenvalue weighted by atomic mass is 10.2. The molecule has 20 heavy (non-hydrogen) atoms. The summed E-state index contributed by atoms with van der Waals surface area (Å²) in [6, 6.07) is 7.99. The zero-order chi connectivity index (χ0) is 15.4. The summed E-state index contributed by atoms with van der Waals surface area (Å²) >= 11 is 0. The lowest BCUT2D eigenvalue weighted by Gasteiger charge is -2.06. The zero-order valence-corrected chi connectivity index (χ0v) is 11.9. The molecule has 108 valence electrons. The molecule has 1 aromatic carbocycles. The van der Waals surface area contributed by atoms with Crippen LogP contribution in [0.25, 0.3) is 0 Å². The summed E-state index contributed by atoms with van der Waals surface area (Å²) in [5, 5.41) is 3.10. The molecule has 0 heterocycles. The number of hydrogen-bond acceptors (Lipinski definition) is 5. The van der Waals surface area contributed by atoms with Crippen LogP contribution in [0.3, 0.4) is 0 Å². The minimum Gasteiger partial charge on any atom is -0.463 e. The Labute approximate surface area is 118 Å². The van der Waals surface area contributed by atoms with Crippen LogP contribution in [0.1, 0.15) is 25.8 Å². The summed E-state index contributed by atoms with van der Waals surface area (Å²) < 4.78 is 4.96. The van der Waals surface area contributed by atoms with E-state index < -0.39 is 0 Å². The molecule has 0 spiro atoms. The highest BCUT2D eigenvalue weighted by Gasteiger charge is 2.07. The molecular weight excluding hydrogens is 258 g/mol. The fraction of sp³-hybridized carbons (Fsp3) is 0.333. The Bertz CT molecular complexity index is 471. The Hall–Kier alpha value is -2.39. The molecule has 1 N–H and O–H groups in total. The molecule has 0 aliphatic carbocycles. The number of aryl methyl sites for hydroxylation is 1. The van der Waals surface area contributed by atoms with Gasteiger partial charge in [-0.05, 0) is 32.4 Å². The van der Waals surface area contributed by atoms with Crippen molar-refractivity contribution in [2.24, 2.45) is 0 Å². The number of ether oxygens (including phenoxy) is 1. The van der Waals surface area contributed by atoms with Gasteiger partial charge in [0.05, 0.1) is 12.2 Å². The van der Waals surface area contributed by atoms with Gasteiger partial charge in [-0.25, -0.2) is 4.79 Å². The molecule has 0 amide bonds. The Morgan fingerprint density at radius 3 is 2.25 bits per heavy atom. The highest BCUT2D eigenvalue weighted by atomic mass is 16.5. The van der Waals surface area contributed by atoms with Crippen LogP contribution >= 0.6 is 0 Å². The molecule has 0 radical (unpaired) electrons. The molecule has 0 bridgehead atoms. The normalized spacial score (nSPS) is 9.85. The van der Waals surface area contributed by atoms with Crippen LogP contribution < -0.4 is 5.32 Å². The van der Waals surface area contributed by atoms with Crippen LogP contribution in [0.15, 0.2) is 36.0 Å². The van der Waals surface area contributed by atoms with Crippen molar-refractivity contribution in [3.63, 3.8) is 0 Å². The fourth-order valence-corrected chi connectivity index (χ4v) is 1.35. The van der Waals surface area contributed by atoms with E-state index in [0.29, 0.717) is 18.6 Å². The summed E-state index contributed by atoms with van der Waals surface area (Å²) in [5.41, 5.74) is 2.82. The van der Waals surface area contributed by atoms with Gasteiger partial charge >= 0.3 is 12.1 Å². The molecule has 0 unspecified atom stereocenters. The van der Waals surface area contributed by atoms with Gasteiger partial charge in [-0.3, -0.25) is 0 Å². The van der Waals surface area contributed by atoms with E-state index in [1.165, 1.54) is 5.56 Å². The third-order valence-electron chi connectivity index (χ3n) is 2.38. The molecule has 0 aliphatic heterocycles. The maximum Gasteiger partial charge on any atom is 0.373 e. The van der Waals surface area contributed by atoms with Gasteiger partial charge in [-0.2, -0.15) is 9.59 Å². The molecule has 1 rings (SSSR count). The van der Waals surface area contributed by atoms with Gasteiger partial charge in [0.2, 0.25) is 0 Å². The average Bonchev–Trinajstić information content (AvgIpc) is 2.43. The first kappa shape index (κ1) is 17.6. The SMILES string of the molecule is CCOC(=O)/C(=C/Nc1ccc(C)cc1)CC.O=C=O. The number of carbonyl (C=O) groups excluding carboxylic acids is 3. The van der Waals surface area contributed by atoms with Crippen molar-refractivity contribution in [3.05, 3.63) is 41.6 Å². The van der Waals surface area contributed by atoms with Crippen molar-refractivity contribution >= 4 is 17.8 Å². The van der Waals surface area contributed by atoms with E-state index in [2.05, 4.69) is 5.32 Å². The van der Waals surface area contributed by atoms with Crippen molar-refractivity contribution < 1.29 is 19.1 Å². The van der Waals surface area contributed by atoms with E-state index in [-0.39, 0.29) is 12.1 Å². The van der Waals surface area contributed by atoms with E-state index in [1.807, 2.05) is 38.1 Å². The van der Waals surface area contributed by atoms with Gasteiger partial charge in [0.25, 0.3) is 0 Å². The lowest BCUT2D eigenvalue weighted by Crippen LogP contribution is -2.08. The summed E-state index contributed by atoms with van der Waals surface area (Å²) in [6.45, 7) is 6.18. The first-order chi connectivity index (χ1) is 9.58. The van der Waals surface area contributed by atoms with Crippen LogP contribution in [-0.4, -0.2) is 18.7 Å². The fourth-order valence-electron chi connectivity index (χ4n) is 1.35. The number of rotatable bonds is 5. The Morgan fingerprint density at radius 1 is 1.25 bits per heavy atom. The van der Waals surface area contributed by atoms with Crippen molar-refractivity contribution in [2.75, 3.05) is 11.9 Å². The molecule has 0 aliphatic rings. The van der Waals surface area contributed by atoms with Gasteiger partial charge in [0.15, 0.2) is 0 Å². The largest absolute Gasteiger partial charge is 0.463 e. The number of hydrogen-bond donors (Lipinski definition) is 1. The predicted molar refractivity (Wildman–Crippen MR) is 74.8 cm³/mol. The summed E-state index contributed by atoms with van der Waals surface area (Å²) in [5.74, 6) is -0.255. The van der Waals surface area contributed by atoms with Gasteiger partial charge in [-0.15, -0.1) is 0 Å². The summed E-state index contributed by atoms with van der Waals surface area (Å²) in [7, 11) is 0. The number of nitrogens with one attached hydrogen (secondary N) is 1. The first-order valence-corrected chi connectivity index (χ1v) is 6.27.